The maximum absolute atomic E-state index is 6.03. The van der Waals surface area contributed by atoms with E-state index in [1.165, 1.54) is 25.7 Å². The molecule has 0 amide bonds. The first kappa shape index (κ1) is 17.0. The van der Waals surface area contributed by atoms with E-state index in [4.69, 9.17) is 9.26 Å². The van der Waals surface area contributed by atoms with Crippen LogP contribution in [0.15, 0.2) is 33.3 Å². The molecular weight excluding hydrogens is 382 g/mol. The first-order chi connectivity index (χ1) is 12.2. The van der Waals surface area contributed by atoms with Crippen molar-refractivity contribution < 1.29 is 9.26 Å². The van der Waals surface area contributed by atoms with Gasteiger partial charge in [0.2, 0.25) is 5.82 Å². The summed E-state index contributed by atoms with van der Waals surface area (Å²) in [5, 5.41) is 4.15. The van der Waals surface area contributed by atoms with Crippen molar-refractivity contribution in [2.45, 2.75) is 44.1 Å². The van der Waals surface area contributed by atoms with E-state index in [1.807, 2.05) is 31.4 Å². The second kappa shape index (κ2) is 7.08. The standard InChI is InChI=1S/C19H24BrN3O2/c1-24-19(15-4-2-3-5-15)10-12-23(13-11-19)18-21-17(22-25-18)14-6-8-16(20)9-7-14/h6-9,15H,2-5,10-13H2,1H3. The third-order valence-electron chi connectivity index (χ3n) is 5.90. The van der Waals surface area contributed by atoms with Crippen LogP contribution in [0.3, 0.4) is 0 Å². The lowest BCUT2D eigenvalue weighted by Gasteiger charge is -2.44. The van der Waals surface area contributed by atoms with Gasteiger partial charge in [0, 0.05) is 30.2 Å². The lowest BCUT2D eigenvalue weighted by molar-refractivity contribution is -0.0742. The molecular formula is C19H24BrN3O2. The zero-order valence-electron chi connectivity index (χ0n) is 14.6. The van der Waals surface area contributed by atoms with Gasteiger partial charge in [-0.15, -0.1) is 0 Å². The summed E-state index contributed by atoms with van der Waals surface area (Å²) in [6.45, 7) is 1.82. The molecule has 0 radical (unpaired) electrons. The lowest BCUT2D eigenvalue weighted by atomic mass is 9.78. The van der Waals surface area contributed by atoms with Gasteiger partial charge in [-0.05, 0) is 55.9 Å². The molecule has 0 atom stereocenters. The van der Waals surface area contributed by atoms with Gasteiger partial charge in [0.25, 0.3) is 0 Å². The van der Waals surface area contributed by atoms with Gasteiger partial charge in [-0.25, -0.2) is 0 Å². The maximum atomic E-state index is 6.03. The van der Waals surface area contributed by atoms with Crippen LogP contribution in [0, 0.1) is 5.92 Å². The SMILES string of the molecule is COC1(C2CCCC2)CCN(c2nc(-c3ccc(Br)cc3)no2)CC1. The highest BCUT2D eigenvalue weighted by Gasteiger charge is 2.43. The van der Waals surface area contributed by atoms with Crippen LogP contribution in [0.2, 0.25) is 0 Å². The Morgan fingerprint density at radius 2 is 1.84 bits per heavy atom. The smallest absolute Gasteiger partial charge is 0.324 e. The quantitative estimate of drug-likeness (QED) is 0.738. The number of anilines is 1. The summed E-state index contributed by atoms with van der Waals surface area (Å²) in [4.78, 5) is 6.79. The first-order valence-corrected chi connectivity index (χ1v) is 9.89. The van der Waals surface area contributed by atoms with Gasteiger partial charge in [0.05, 0.1) is 5.60 Å². The molecule has 134 valence electrons. The van der Waals surface area contributed by atoms with E-state index >= 15 is 0 Å². The normalized spacial score (nSPS) is 21.0. The summed E-state index contributed by atoms with van der Waals surface area (Å²) in [6, 6.07) is 8.58. The first-order valence-electron chi connectivity index (χ1n) is 9.10. The van der Waals surface area contributed by atoms with Crippen molar-refractivity contribution in [3.8, 4) is 11.4 Å². The molecule has 1 aromatic carbocycles. The Hall–Kier alpha value is -1.40. The van der Waals surface area contributed by atoms with E-state index in [1.54, 1.807) is 0 Å². The van der Waals surface area contributed by atoms with Crippen LogP contribution in [0.5, 0.6) is 0 Å². The van der Waals surface area contributed by atoms with Gasteiger partial charge >= 0.3 is 6.01 Å². The highest BCUT2D eigenvalue weighted by atomic mass is 79.9. The molecule has 0 unspecified atom stereocenters. The van der Waals surface area contributed by atoms with E-state index in [2.05, 4.69) is 31.0 Å². The summed E-state index contributed by atoms with van der Waals surface area (Å²) >= 11 is 3.45. The van der Waals surface area contributed by atoms with E-state index in [0.29, 0.717) is 17.8 Å². The topological polar surface area (TPSA) is 51.4 Å². The van der Waals surface area contributed by atoms with Gasteiger partial charge in [0.15, 0.2) is 0 Å². The highest BCUT2D eigenvalue weighted by Crippen LogP contribution is 2.42. The van der Waals surface area contributed by atoms with Crippen molar-refractivity contribution in [1.29, 1.82) is 0 Å². The Morgan fingerprint density at radius 3 is 2.48 bits per heavy atom. The molecule has 2 fully saturated rings. The number of piperidine rings is 1. The molecule has 0 spiro atoms. The number of rotatable bonds is 4. The number of hydrogen-bond donors (Lipinski definition) is 0. The van der Waals surface area contributed by atoms with Crippen LogP contribution in [0.1, 0.15) is 38.5 Å². The zero-order valence-corrected chi connectivity index (χ0v) is 16.2. The number of halogens is 1. The van der Waals surface area contributed by atoms with Crippen LogP contribution in [-0.4, -0.2) is 35.9 Å². The molecule has 1 aliphatic heterocycles. The van der Waals surface area contributed by atoms with Gasteiger partial charge < -0.3 is 14.2 Å². The maximum Gasteiger partial charge on any atom is 0.324 e. The summed E-state index contributed by atoms with van der Waals surface area (Å²) < 4.78 is 12.6. The second-order valence-corrected chi connectivity index (χ2v) is 8.06. The summed E-state index contributed by atoms with van der Waals surface area (Å²) in [7, 11) is 1.88. The third kappa shape index (κ3) is 3.34. The Balaban J connectivity index is 1.45. The van der Waals surface area contributed by atoms with Crippen molar-refractivity contribution in [2.24, 2.45) is 5.92 Å². The molecule has 25 heavy (non-hydrogen) atoms. The van der Waals surface area contributed by atoms with E-state index in [0.717, 1.165) is 36.0 Å². The molecule has 5 nitrogen and oxygen atoms in total. The van der Waals surface area contributed by atoms with Crippen molar-refractivity contribution in [2.75, 3.05) is 25.1 Å². The monoisotopic (exact) mass is 405 g/mol. The summed E-state index contributed by atoms with van der Waals surface area (Å²) in [5.41, 5.74) is 1.01. The van der Waals surface area contributed by atoms with Crippen LogP contribution in [0.25, 0.3) is 11.4 Å². The number of benzene rings is 1. The van der Waals surface area contributed by atoms with Gasteiger partial charge in [0.1, 0.15) is 0 Å². The zero-order chi connectivity index (χ0) is 17.3. The third-order valence-corrected chi connectivity index (χ3v) is 6.43. The number of aromatic nitrogens is 2. The minimum Gasteiger partial charge on any atom is -0.378 e. The molecule has 4 rings (SSSR count). The number of nitrogens with zero attached hydrogens (tertiary/aromatic N) is 3. The molecule has 6 heteroatoms. The Kier molecular flexibility index (Phi) is 4.82. The van der Waals surface area contributed by atoms with Crippen LogP contribution < -0.4 is 4.90 Å². The van der Waals surface area contributed by atoms with E-state index < -0.39 is 0 Å². The minimum atomic E-state index is 0.0432. The Labute approximate surface area is 156 Å². The molecule has 0 bridgehead atoms. The summed E-state index contributed by atoms with van der Waals surface area (Å²) in [5.74, 6) is 1.35. The minimum absolute atomic E-state index is 0.0432. The fourth-order valence-electron chi connectivity index (χ4n) is 4.37. The molecule has 2 heterocycles. The van der Waals surface area contributed by atoms with Crippen LogP contribution in [0.4, 0.5) is 6.01 Å². The average molecular weight is 406 g/mol. The van der Waals surface area contributed by atoms with Crippen molar-refractivity contribution in [3.05, 3.63) is 28.7 Å². The Morgan fingerprint density at radius 1 is 1.16 bits per heavy atom. The molecule has 1 aliphatic carbocycles. The predicted octanol–water partition coefficient (Wildman–Crippen LogP) is 4.67. The molecule has 0 N–H and O–H groups in total. The number of hydrogen-bond acceptors (Lipinski definition) is 5. The fourth-order valence-corrected chi connectivity index (χ4v) is 4.63. The van der Waals surface area contributed by atoms with Crippen molar-refractivity contribution in [3.63, 3.8) is 0 Å². The summed E-state index contributed by atoms with van der Waals surface area (Å²) in [6.07, 6.45) is 7.37. The largest absolute Gasteiger partial charge is 0.378 e. The fraction of sp³-hybridized carbons (Fsp3) is 0.579. The van der Waals surface area contributed by atoms with Gasteiger partial charge in [-0.3, -0.25) is 0 Å². The average Bonchev–Trinajstić information content (AvgIpc) is 3.35. The van der Waals surface area contributed by atoms with Crippen molar-refractivity contribution in [1.82, 2.24) is 10.1 Å². The Bertz CT molecular complexity index is 702. The van der Waals surface area contributed by atoms with Gasteiger partial charge in [-0.1, -0.05) is 33.9 Å². The number of methoxy groups -OCH3 is 1. The van der Waals surface area contributed by atoms with Gasteiger partial charge in [-0.2, -0.15) is 4.98 Å². The molecule has 1 saturated carbocycles. The molecule has 2 aliphatic rings. The second-order valence-electron chi connectivity index (χ2n) is 7.14. The lowest BCUT2D eigenvalue weighted by Crippen LogP contribution is -2.49. The van der Waals surface area contributed by atoms with Crippen molar-refractivity contribution >= 4 is 21.9 Å². The van der Waals surface area contributed by atoms with Crippen LogP contribution >= 0.6 is 15.9 Å². The molecule has 1 saturated heterocycles. The predicted molar refractivity (Wildman–Crippen MR) is 101 cm³/mol. The number of ether oxygens (including phenoxy) is 1. The van der Waals surface area contributed by atoms with E-state index in [9.17, 15) is 0 Å². The highest BCUT2D eigenvalue weighted by molar-refractivity contribution is 9.10. The molecule has 2 aromatic rings. The van der Waals surface area contributed by atoms with E-state index in [-0.39, 0.29) is 5.60 Å². The van der Waals surface area contributed by atoms with Crippen LogP contribution in [-0.2, 0) is 4.74 Å². The molecule has 1 aromatic heterocycles.